The SMILES string of the molecule is O=C(c1cc(-c2cccnc2)n[nH]1)N1CC[C@](O)(CN2CCOCC2)C1. The van der Waals surface area contributed by atoms with E-state index in [9.17, 15) is 9.90 Å². The Labute approximate surface area is 151 Å². The molecule has 4 rings (SSSR count). The molecule has 2 aliphatic heterocycles. The number of ether oxygens (including phenoxy) is 1. The van der Waals surface area contributed by atoms with Gasteiger partial charge in [-0.15, -0.1) is 0 Å². The van der Waals surface area contributed by atoms with Gasteiger partial charge in [-0.1, -0.05) is 0 Å². The number of rotatable bonds is 4. The van der Waals surface area contributed by atoms with E-state index in [1.807, 2.05) is 12.1 Å². The Morgan fingerprint density at radius 1 is 1.35 bits per heavy atom. The second kappa shape index (κ2) is 7.14. The average Bonchev–Trinajstić information content (AvgIpc) is 3.30. The van der Waals surface area contributed by atoms with Crippen LogP contribution in [0.4, 0.5) is 0 Å². The molecule has 0 aromatic carbocycles. The highest BCUT2D eigenvalue weighted by Gasteiger charge is 2.40. The Balaban J connectivity index is 1.40. The lowest BCUT2D eigenvalue weighted by Crippen LogP contribution is -2.49. The molecule has 0 spiro atoms. The fraction of sp³-hybridized carbons (Fsp3) is 0.500. The quantitative estimate of drug-likeness (QED) is 0.822. The molecule has 2 saturated heterocycles. The zero-order valence-corrected chi connectivity index (χ0v) is 14.6. The van der Waals surface area contributed by atoms with Gasteiger partial charge in [0.15, 0.2) is 0 Å². The third-order valence-corrected chi connectivity index (χ3v) is 5.01. The van der Waals surface area contributed by atoms with Gasteiger partial charge in [-0.3, -0.25) is 19.8 Å². The molecule has 0 saturated carbocycles. The first kappa shape index (κ1) is 17.1. The van der Waals surface area contributed by atoms with Crippen LogP contribution in [0.3, 0.4) is 0 Å². The molecule has 1 atom stereocenters. The van der Waals surface area contributed by atoms with Crippen LogP contribution in [-0.4, -0.2) is 87.5 Å². The number of aromatic amines is 1. The van der Waals surface area contributed by atoms with E-state index in [4.69, 9.17) is 4.74 Å². The minimum atomic E-state index is -0.862. The summed E-state index contributed by atoms with van der Waals surface area (Å²) in [7, 11) is 0. The molecule has 0 radical (unpaired) electrons. The lowest BCUT2D eigenvalue weighted by molar-refractivity contribution is -0.0257. The molecule has 2 aromatic rings. The molecule has 0 bridgehead atoms. The largest absolute Gasteiger partial charge is 0.387 e. The van der Waals surface area contributed by atoms with Crippen molar-refractivity contribution in [2.24, 2.45) is 0 Å². The molecule has 2 N–H and O–H groups in total. The van der Waals surface area contributed by atoms with Crippen LogP contribution >= 0.6 is 0 Å². The zero-order valence-electron chi connectivity index (χ0n) is 14.6. The molecule has 8 heteroatoms. The molecule has 2 aromatic heterocycles. The van der Waals surface area contributed by atoms with Crippen LogP contribution in [0.2, 0.25) is 0 Å². The molecule has 0 aliphatic carbocycles. The summed E-state index contributed by atoms with van der Waals surface area (Å²) in [5.41, 5.74) is 1.11. The minimum absolute atomic E-state index is 0.134. The van der Waals surface area contributed by atoms with Gasteiger partial charge >= 0.3 is 0 Å². The highest BCUT2D eigenvalue weighted by molar-refractivity contribution is 5.93. The number of H-pyrrole nitrogens is 1. The molecule has 2 fully saturated rings. The highest BCUT2D eigenvalue weighted by atomic mass is 16.5. The third-order valence-electron chi connectivity index (χ3n) is 5.01. The number of amides is 1. The van der Waals surface area contributed by atoms with Crippen LogP contribution in [-0.2, 0) is 4.74 Å². The maximum Gasteiger partial charge on any atom is 0.271 e. The van der Waals surface area contributed by atoms with Crippen molar-refractivity contribution in [2.45, 2.75) is 12.0 Å². The Bertz CT molecular complexity index is 759. The van der Waals surface area contributed by atoms with E-state index < -0.39 is 5.60 Å². The van der Waals surface area contributed by atoms with Crippen molar-refractivity contribution in [3.05, 3.63) is 36.3 Å². The number of nitrogens with one attached hydrogen (secondary N) is 1. The number of morpholine rings is 1. The number of aromatic nitrogens is 3. The molecule has 1 amide bonds. The standard InChI is InChI=1S/C18H23N5O3/c24-17(16-10-15(20-21-16)14-2-1-4-19-11-14)23-5-3-18(25,13-23)12-22-6-8-26-9-7-22/h1-2,4,10-11,25H,3,5-9,12-13H2,(H,20,21)/t18-/m0/s1. The predicted octanol–water partition coefficient (Wildman–Crippen LogP) is 0.381. The van der Waals surface area contributed by atoms with Gasteiger partial charge in [-0.2, -0.15) is 5.10 Å². The number of likely N-dealkylation sites (tertiary alicyclic amines) is 1. The fourth-order valence-electron chi connectivity index (χ4n) is 3.60. The van der Waals surface area contributed by atoms with Gasteiger partial charge in [0.25, 0.3) is 5.91 Å². The maximum absolute atomic E-state index is 12.8. The van der Waals surface area contributed by atoms with Gasteiger partial charge in [-0.25, -0.2) is 0 Å². The van der Waals surface area contributed by atoms with Crippen LogP contribution in [0.25, 0.3) is 11.3 Å². The summed E-state index contributed by atoms with van der Waals surface area (Å²) in [6.45, 7) is 4.50. The number of β-amino-alcohol motifs (C(OH)–C–C–N with tert-alkyl or cyclic N) is 1. The van der Waals surface area contributed by atoms with Crippen molar-refractivity contribution in [3.63, 3.8) is 0 Å². The number of hydrogen-bond donors (Lipinski definition) is 2. The molecule has 2 aliphatic rings. The molecule has 8 nitrogen and oxygen atoms in total. The Kier molecular flexibility index (Phi) is 4.71. The Morgan fingerprint density at radius 2 is 2.19 bits per heavy atom. The van der Waals surface area contributed by atoms with E-state index in [1.165, 1.54) is 0 Å². The number of hydrogen-bond acceptors (Lipinski definition) is 6. The minimum Gasteiger partial charge on any atom is -0.387 e. The summed E-state index contributed by atoms with van der Waals surface area (Å²) in [5, 5.41) is 17.9. The van der Waals surface area contributed by atoms with E-state index in [1.54, 1.807) is 23.4 Å². The average molecular weight is 357 g/mol. The van der Waals surface area contributed by atoms with Crippen molar-refractivity contribution in [2.75, 3.05) is 45.9 Å². The van der Waals surface area contributed by atoms with Gasteiger partial charge < -0.3 is 14.7 Å². The van der Waals surface area contributed by atoms with Crippen molar-refractivity contribution >= 4 is 5.91 Å². The number of pyridine rings is 1. The summed E-state index contributed by atoms with van der Waals surface area (Å²) in [6, 6.07) is 5.46. The molecular formula is C18H23N5O3. The van der Waals surface area contributed by atoms with Gasteiger partial charge in [0.2, 0.25) is 0 Å². The molecule has 4 heterocycles. The first-order valence-corrected chi connectivity index (χ1v) is 8.91. The Morgan fingerprint density at radius 3 is 2.96 bits per heavy atom. The third kappa shape index (κ3) is 3.62. The monoisotopic (exact) mass is 357 g/mol. The van der Waals surface area contributed by atoms with Crippen LogP contribution in [0.5, 0.6) is 0 Å². The van der Waals surface area contributed by atoms with Crippen LogP contribution < -0.4 is 0 Å². The summed E-state index contributed by atoms with van der Waals surface area (Å²) in [4.78, 5) is 20.7. The summed E-state index contributed by atoms with van der Waals surface area (Å²) in [5.74, 6) is -0.134. The van der Waals surface area contributed by atoms with E-state index in [0.29, 0.717) is 50.7 Å². The summed E-state index contributed by atoms with van der Waals surface area (Å²) in [6.07, 6.45) is 3.99. The lowest BCUT2D eigenvalue weighted by Gasteiger charge is -2.33. The number of carbonyl (C=O) groups excluding carboxylic acids is 1. The van der Waals surface area contributed by atoms with Crippen molar-refractivity contribution in [3.8, 4) is 11.3 Å². The summed E-state index contributed by atoms with van der Waals surface area (Å²) >= 11 is 0. The van der Waals surface area contributed by atoms with Gasteiger partial charge in [0, 0.05) is 44.1 Å². The van der Waals surface area contributed by atoms with E-state index in [2.05, 4.69) is 20.1 Å². The smallest absolute Gasteiger partial charge is 0.271 e. The van der Waals surface area contributed by atoms with Crippen molar-refractivity contribution < 1.29 is 14.6 Å². The second-order valence-electron chi connectivity index (χ2n) is 7.00. The highest BCUT2D eigenvalue weighted by Crippen LogP contribution is 2.25. The normalized spacial score (nSPS) is 24.1. The van der Waals surface area contributed by atoms with Gasteiger partial charge in [-0.05, 0) is 24.6 Å². The molecule has 0 unspecified atom stereocenters. The van der Waals surface area contributed by atoms with Crippen LogP contribution in [0.15, 0.2) is 30.6 Å². The van der Waals surface area contributed by atoms with Crippen LogP contribution in [0, 0.1) is 0 Å². The topological polar surface area (TPSA) is 94.6 Å². The number of nitrogens with zero attached hydrogens (tertiary/aromatic N) is 4. The molecule has 26 heavy (non-hydrogen) atoms. The molecule has 138 valence electrons. The van der Waals surface area contributed by atoms with Gasteiger partial charge in [0.1, 0.15) is 5.69 Å². The number of carbonyl (C=O) groups is 1. The first-order chi connectivity index (χ1) is 12.6. The Hall–Kier alpha value is -2.29. The number of aliphatic hydroxyl groups is 1. The van der Waals surface area contributed by atoms with Gasteiger partial charge in [0.05, 0.1) is 31.1 Å². The van der Waals surface area contributed by atoms with E-state index >= 15 is 0 Å². The summed E-state index contributed by atoms with van der Waals surface area (Å²) < 4.78 is 5.35. The second-order valence-corrected chi connectivity index (χ2v) is 7.00. The zero-order chi connectivity index (χ0) is 18.0. The van der Waals surface area contributed by atoms with Crippen LogP contribution in [0.1, 0.15) is 16.9 Å². The molecular weight excluding hydrogens is 334 g/mol. The lowest BCUT2D eigenvalue weighted by atomic mass is 10.0. The predicted molar refractivity (Wildman–Crippen MR) is 94.5 cm³/mol. The van der Waals surface area contributed by atoms with E-state index in [-0.39, 0.29) is 5.91 Å². The maximum atomic E-state index is 12.8. The first-order valence-electron chi connectivity index (χ1n) is 8.91. The fourth-order valence-corrected chi connectivity index (χ4v) is 3.60. The van der Waals surface area contributed by atoms with Crippen molar-refractivity contribution in [1.82, 2.24) is 25.0 Å². The van der Waals surface area contributed by atoms with E-state index in [0.717, 1.165) is 18.7 Å². The van der Waals surface area contributed by atoms with Crippen molar-refractivity contribution in [1.29, 1.82) is 0 Å².